The van der Waals surface area contributed by atoms with Crippen LogP contribution in [-0.4, -0.2) is 34.2 Å². The second kappa shape index (κ2) is 12.6. The molecule has 2 aromatic carbocycles. The summed E-state index contributed by atoms with van der Waals surface area (Å²) in [5.41, 5.74) is 7.89. The van der Waals surface area contributed by atoms with Crippen LogP contribution in [0.25, 0.3) is 11.1 Å². The predicted molar refractivity (Wildman–Crippen MR) is 127 cm³/mol. The number of aliphatic hydroxyl groups is 1. The van der Waals surface area contributed by atoms with E-state index in [9.17, 15) is 9.90 Å². The fourth-order valence-electron chi connectivity index (χ4n) is 2.33. The maximum Gasteiger partial charge on any atom is 0.413 e. The van der Waals surface area contributed by atoms with Gasteiger partial charge in [-0.05, 0) is 39.8 Å². The van der Waals surface area contributed by atoms with E-state index in [1.807, 2.05) is 51.1 Å². The van der Waals surface area contributed by atoms with Crippen molar-refractivity contribution in [3.05, 3.63) is 65.5 Å². The zero-order valence-corrected chi connectivity index (χ0v) is 19.6. The van der Waals surface area contributed by atoms with Gasteiger partial charge in [-0.1, -0.05) is 55.8 Å². The molecule has 0 aliphatic heterocycles. The van der Waals surface area contributed by atoms with E-state index in [1.165, 1.54) is 0 Å². The Morgan fingerprint density at radius 2 is 1.78 bits per heavy atom. The lowest BCUT2D eigenvalue weighted by Gasteiger charge is -2.19. The molecule has 0 radical (unpaired) electrons. The van der Waals surface area contributed by atoms with Crippen LogP contribution in [-0.2, 0) is 4.74 Å². The van der Waals surface area contributed by atoms with E-state index in [1.54, 1.807) is 39.0 Å². The number of hydrogen-bond acceptors (Lipinski definition) is 7. The third-order valence-electron chi connectivity index (χ3n) is 3.78. The number of rotatable bonds is 3. The maximum atomic E-state index is 11.4. The molecule has 0 bridgehead atoms. The van der Waals surface area contributed by atoms with E-state index >= 15 is 0 Å². The third kappa shape index (κ3) is 8.87. The number of hydrogen-bond donors (Lipinski definition) is 4. The minimum atomic E-state index is -0.813. The molecule has 0 saturated heterocycles. The predicted octanol–water partition coefficient (Wildman–Crippen LogP) is 4.69. The van der Waals surface area contributed by atoms with Crippen LogP contribution < -0.4 is 11.1 Å². The molecule has 174 valence electrons. The second-order valence-corrected chi connectivity index (χ2v) is 7.64. The van der Waals surface area contributed by atoms with Gasteiger partial charge in [0.05, 0.1) is 0 Å². The Hall–Kier alpha value is -3.23. The summed E-state index contributed by atoms with van der Waals surface area (Å²) in [4.78, 5) is 15.5. The van der Waals surface area contributed by atoms with E-state index < -0.39 is 17.8 Å². The number of amidine groups is 1. The van der Waals surface area contributed by atoms with Gasteiger partial charge in [0.15, 0.2) is 5.58 Å². The molecule has 0 saturated carbocycles. The molecule has 3 rings (SSSR count). The van der Waals surface area contributed by atoms with Gasteiger partial charge in [-0.2, -0.15) is 0 Å². The van der Waals surface area contributed by atoms with Gasteiger partial charge in [0.2, 0.25) is 5.89 Å². The Kier molecular flexibility index (Phi) is 10.5. The van der Waals surface area contributed by atoms with Crippen LogP contribution in [0.1, 0.15) is 57.7 Å². The molecule has 3 aromatic rings. The first-order chi connectivity index (χ1) is 15.1. The monoisotopic (exact) mass is 442 g/mol. The third-order valence-corrected chi connectivity index (χ3v) is 3.78. The van der Waals surface area contributed by atoms with Crippen molar-refractivity contribution >= 4 is 23.0 Å². The van der Waals surface area contributed by atoms with Crippen molar-refractivity contribution in [2.24, 2.45) is 5.73 Å². The number of ether oxygens (including phenoxy) is 1. The van der Waals surface area contributed by atoms with Crippen LogP contribution in [0.5, 0.6) is 0 Å². The zero-order valence-electron chi connectivity index (χ0n) is 19.6. The fourth-order valence-corrected chi connectivity index (χ4v) is 2.33. The quantitative estimate of drug-likeness (QED) is 0.343. The van der Waals surface area contributed by atoms with Crippen LogP contribution in [0.3, 0.4) is 0 Å². The summed E-state index contributed by atoms with van der Waals surface area (Å²) in [5, 5.41) is 19.5. The first-order valence-electron chi connectivity index (χ1n) is 10.5. The number of benzene rings is 2. The average Bonchev–Trinajstić information content (AvgIpc) is 3.18. The summed E-state index contributed by atoms with van der Waals surface area (Å²) in [6, 6.07) is 14.7. The molecule has 0 spiro atoms. The smallest absolute Gasteiger partial charge is 0.413 e. The second-order valence-electron chi connectivity index (χ2n) is 7.64. The highest BCUT2D eigenvalue weighted by molar-refractivity contribution is 6.04. The van der Waals surface area contributed by atoms with Crippen LogP contribution >= 0.6 is 0 Å². The van der Waals surface area contributed by atoms with Crippen LogP contribution in [0.15, 0.2) is 52.9 Å². The van der Waals surface area contributed by atoms with Crippen molar-refractivity contribution in [1.82, 2.24) is 10.3 Å². The number of para-hydroxylation sites is 2. The zero-order chi connectivity index (χ0) is 24.3. The summed E-state index contributed by atoms with van der Waals surface area (Å²) in [6.45, 7) is 11.4. The Labute approximate surface area is 189 Å². The van der Waals surface area contributed by atoms with Gasteiger partial charge in [-0.3, -0.25) is 10.7 Å². The van der Waals surface area contributed by atoms with Gasteiger partial charge in [0.1, 0.15) is 23.1 Å². The van der Waals surface area contributed by atoms with Crippen LogP contribution in [0.4, 0.5) is 4.79 Å². The van der Waals surface area contributed by atoms with Crippen molar-refractivity contribution in [3.63, 3.8) is 0 Å². The number of carbonyl (C=O) groups excluding carboxylic acids is 1. The molecule has 8 nitrogen and oxygen atoms in total. The number of nitrogens with zero attached hydrogens (tertiary/aromatic N) is 1. The summed E-state index contributed by atoms with van der Waals surface area (Å²) < 4.78 is 10.3. The van der Waals surface area contributed by atoms with Crippen molar-refractivity contribution in [2.45, 2.75) is 53.2 Å². The molecule has 1 heterocycles. The topological polar surface area (TPSA) is 134 Å². The van der Waals surface area contributed by atoms with E-state index in [0.29, 0.717) is 11.1 Å². The number of fused-ring (bicyclic) bond motifs is 1. The highest BCUT2D eigenvalue weighted by atomic mass is 16.6. The van der Waals surface area contributed by atoms with Gasteiger partial charge in [-0.25, -0.2) is 9.78 Å². The number of alkyl carbamates (subject to hydrolysis) is 1. The number of oxazole rings is 1. The fraction of sp³-hybridized carbons (Fsp3) is 0.375. The number of aliphatic hydroxyl groups excluding tert-OH is 1. The molecule has 0 aliphatic carbocycles. The SMILES string of the molecule is CC.Cc1ccc(C(=N)NC(=O)OC(C)(C)C)cc1.NCC(O)c1nc2ccccc2o1. The van der Waals surface area contributed by atoms with E-state index in [2.05, 4.69) is 10.3 Å². The van der Waals surface area contributed by atoms with Crippen molar-refractivity contribution in [3.8, 4) is 0 Å². The number of aromatic nitrogens is 1. The van der Waals surface area contributed by atoms with Gasteiger partial charge in [-0.15, -0.1) is 0 Å². The lowest BCUT2D eigenvalue weighted by molar-refractivity contribution is 0.0563. The summed E-state index contributed by atoms with van der Waals surface area (Å²) in [6.07, 6.45) is -1.42. The molecule has 32 heavy (non-hydrogen) atoms. The molecule has 0 fully saturated rings. The van der Waals surface area contributed by atoms with Gasteiger partial charge in [0.25, 0.3) is 0 Å². The van der Waals surface area contributed by atoms with Gasteiger partial charge < -0.3 is 20.0 Å². The van der Waals surface area contributed by atoms with Crippen molar-refractivity contribution in [1.29, 1.82) is 5.41 Å². The Morgan fingerprint density at radius 1 is 1.19 bits per heavy atom. The lowest BCUT2D eigenvalue weighted by Crippen LogP contribution is -2.36. The van der Waals surface area contributed by atoms with Crippen molar-refractivity contribution < 1.29 is 19.1 Å². The standard InChI is InChI=1S/C13H18N2O2.C9H10N2O2.C2H6/c1-9-5-7-10(8-6-9)11(14)15-12(16)17-13(2,3)4;10-5-7(12)9-11-6-3-1-2-4-8(6)13-9;1-2/h5-8H,1-4H3,(H2,14,15,16);1-4,7,12H,5,10H2;1-2H3. The number of nitrogens with one attached hydrogen (secondary N) is 2. The maximum absolute atomic E-state index is 11.4. The van der Waals surface area contributed by atoms with Gasteiger partial charge in [0, 0.05) is 12.1 Å². The van der Waals surface area contributed by atoms with Crippen LogP contribution in [0.2, 0.25) is 0 Å². The summed E-state index contributed by atoms with van der Waals surface area (Å²) >= 11 is 0. The summed E-state index contributed by atoms with van der Waals surface area (Å²) in [7, 11) is 0. The Balaban J connectivity index is 0.000000305. The number of amides is 1. The number of aryl methyl sites for hydroxylation is 1. The molecular weight excluding hydrogens is 408 g/mol. The summed E-state index contributed by atoms with van der Waals surface area (Å²) in [5.74, 6) is 0.322. The highest BCUT2D eigenvalue weighted by Gasteiger charge is 2.17. The average molecular weight is 443 g/mol. The lowest BCUT2D eigenvalue weighted by atomic mass is 10.1. The minimum absolute atomic E-state index is 0.0410. The number of nitrogens with two attached hydrogens (primary N) is 1. The first kappa shape index (κ1) is 26.8. The van der Waals surface area contributed by atoms with Crippen molar-refractivity contribution in [2.75, 3.05) is 6.54 Å². The van der Waals surface area contributed by atoms with Gasteiger partial charge >= 0.3 is 6.09 Å². The molecule has 1 amide bonds. The highest BCUT2D eigenvalue weighted by Crippen LogP contribution is 2.18. The normalized spacial score (nSPS) is 11.4. The molecule has 1 aromatic heterocycles. The molecule has 0 aliphatic rings. The first-order valence-corrected chi connectivity index (χ1v) is 10.5. The molecule has 8 heteroatoms. The van der Waals surface area contributed by atoms with Crippen LogP contribution in [0, 0.1) is 12.3 Å². The minimum Gasteiger partial charge on any atom is -0.444 e. The van der Waals surface area contributed by atoms with E-state index in [4.69, 9.17) is 20.3 Å². The van der Waals surface area contributed by atoms with E-state index in [0.717, 1.165) is 11.1 Å². The Bertz CT molecular complexity index is 958. The van der Waals surface area contributed by atoms with E-state index in [-0.39, 0.29) is 18.3 Å². The molecule has 1 atom stereocenters. The molecule has 1 unspecified atom stereocenters. The largest absolute Gasteiger partial charge is 0.444 e. The molecule has 5 N–H and O–H groups in total. The Morgan fingerprint density at radius 3 is 2.31 bits per heavy atom. The number of carbonyl (C=O) groups is 1. The molecular formula is C24H34N4O4.